The van der Waals surface area contributed by atoms with Gasteiger partial charge in [-0.25, -0.2) is 4.98 Å². The molecule has 3 aromatic carbocycles. The molecular weight excluding hydrogens is 450 g/mol. The van der Waals surface area contributed by atoms with Gasteiger partial charge in [-0.2, -0.15) is 0 Å². The van der Waals surface area contributed by atoms with E-state index in [4.69, 9.17) is 0 Å². The molecular formula is C26H21N3O2S2. The average molecular weight is 472 g/mol. The summed E-state index contributed by atoms with van der Waals surface area (Å²) in [5.41, 5.74) is 3.53. The second-order valence-electron chi connectivity index (χ2n) is 7.00. The summed E-state index contributed by atoms with van der Waals surface area (Å²) in [6, 6.07) is 26.9. The van der Waals surface area contributed by atoms with Crippen LogP contribution in [0.5, 0.6) is 0 Å². The maximum atomic E-state index is 12.3. The Bertz CT molecular complexity index is 1240. The van der Waals surface area contributed by atoms with Gasteiger partial charge in [0.15, 0.2) is 5.13 Å². The van der Waals surface area contributed by atoms with Gasteiger partial charge in [-0.05, 0) is 35.9 Å². The van der Waals surface area contributed by atoms with Crippen molar-refractivity contribution in [2.75, 3.05) is 16.4 Å². The van der Waals surface area contributed by atoms with Crippen molar-refractivity contribution in [3.05, 3.63) is 102 Å². The molecule has 4 rings (SSSR count). The van der Waals surface area contributed by atoms with Crippen molar-refractivity contribution in [3.63, 3.8) is 0 Å². The molecule has 0 aliphatic rings. The van der Waals surface area contributed by atoms with Crippen LogP contribution in [0.15, 0.2) is 101 Å². The molecule has 0 unspecified atom stereocenters. The minimum atomic E-state index is -0.197. The van der Waals surface area contributed by atoms with Crippen LogP contribution < -0.4 is 10.6 Å². The van der Waals surface area contributed by atoms with E-state index in [2.05, 4.69) is 15.6 Å². The number of amides is 2. The van der Waals surface area contributed by atoms with E-state index in [0.717, 1.165) is 21.7 Å². The lowest BCUT2D eigenvalue weighted by atomic mass is 10.2. The van der Waals surface area contributed by atoms with E-state index in [0.29, 0.717) is 10.8 Å². The van der Waals surface area contributed by atoms with E-state index in [9.17, 15) is 9.59 Å². The third-order valence-corrected chi connectivity index (χ3v) is 6.31. The van der Waals surface area contributed by atoms with E-state index in [-0.39, 0.29) is 17.6 Å². The number of carbonyl (C=O) groups is 2. The fraction of sp³-hybridized carbons (Fsp3) is 0.0385. The first kappa shape index (κ1) is 22.5. The van der Waals surface area contributed by atoms with E-state index in [1.165, 1.54) is 29.2 Å². The lowest BCUT2D eigenvalue weighted by molar-refractivity contribution is -0.114. The lowest BCUT2D eigenvalue weighted by Crippen LogP contribution is -2.13. The quantitative estimate of drug-likeness (QED) is 0.237. The van der Waals surface area contributed by atoms with Crippen molar-refractivity contribution in [1.82, 2.24) is 4.98 Å². The zero-order valence-corrected chi connectivity index (χ0v) is 19.2. The van der Waals surface area contributed by atoms with Gasteiger partial charge in [-0.1, -0.05) is 60.7 Å². The molecule has 0 bridgehead atoms. The molecule has 0 radical (unpaired) electrons. The second kappa shape index (κ2) is 11.3. The maximum Gasteiger partial charge on any atom is 0.248 e. The Labute approximate surface area is 200 Å². The van der Waals surface area contributed by atoms with Gasteiger partial charge in [0, 0.05) is 27.6 Å². The number of anilines is 2. The number of aromatic nitrogens is 1. The van der Waals surface area contributed by atoms with Crippen molar-refractivity contribution in [3.8, 4) is 11.3 Å². The lowest BCUT2D eigenvalue weighted by Gasteiger charge is -2.05. The third-order valence-electron chi connectivity index (χ3n) is 4.54. The number of carbonyl (C=O) groups excluding carboxylic acids is 2. The molecule has 164 valence electrons. The predicted octanol–water partition coefficient (Wildman–Crippen LogP) is 6.19. The summed E-state index contributed by atoms with van der Waals surface area (Å²) < 4.78 is 0. The molecule has 0 spiro atoms. The van der Waals surface area contributed by atoms with Crippen molar-refractivity contribution < 1.29 is 9.59 Å². The molecule has 1 heterocycles. The Hall–Kier alpha value is -3.68. The first-order valence-corrected chi connectivity index (χ1v) is 12.1. The molecule has 2 N–H and O–H groups in total. The van der Waals surface area contributed by atoms with Gasteiger partial charge in [0.2, 0.25) is 11.8 Å². The van der Waals surface area contributed by atoms with Crippen LogP contribution >= 0.6 is 23.1 Å². The van der Waals surface area contributed by atoms with Gasteiger partial charge in [0.1, 0.15) is 0 Å². The van der Waals surface area contributed by atoms with Gasteiger partial charge in [-0.3, -0.25) is 9.59 Å². The van der Waals surface area contributed by atoms with Crippen LogP contribution in [0.2, 0.25) is 0 Å². The van der Waals surface area contributed by atoms with Gasteiger partial charge in [-0.15, -0.1) is 23.1 Å². The summed E-state index contributed by atoms with van der Waals surface area (Å²) in [5.74, 6) is -0.0412. The fourth-order valence-electron chi connectivity index (χ4n) is 2.93. The van der Waals surface area contributed by atoms with Gasteiger partial charge >= 0.3 is 0 Å². The number of thiazole rings is 1. The summed E-state index contributed by atoms with van der Waals surface area (Å²) in [7, 11) is 0. The molecule has 0 aliphatic carbocycles. The Kier molecular flexibility index (Phi) is 7.68. The number of thioether (sulfide) groups is 1. The van der Waals surface area contributed by atoms with Crippen molar-refractivity contribution in [2.45, 2.75) is 4.90 Å². The highest BCUT2D eigenvalue weighted by molar-refractivity contribution is 8.00. The topological polar surface area (TPSA) is 71.1 Å². The number of hydrogen-bond donors (Lipinski definition) is 2. The summed E-state index contributed by atoms with van der Waals surface area (Å²) >= 11 is 2.83. The van der Waals surface area contributed by atoms with E-state index >= 15 is 0 Å². The highest BCUT2D eigenvalue weighted by Crippen LogP contribution is 2.25. The largest absolute Gasteiger partial charge is 0.323 e. The second-order valence-corrected chi connectivity index (χ2v) is 8.91. The Morgan fingerprint density at radius 3 is 2.30 bits per heavy atom. The average Bonchev–Trinajstić information content (AvgIpc) is 3.32. The molecule has 0 saturated carbocycles. The van der Waals surface area contributed by atoms with Crippen molar-refractivity contribution >= 4 is 51.8 Å². The van der Waals surface area contributed by atoms with E-state index in [1.807, 2.05) is 90.3 Å². The summed E-state index contributed by atoms with van der Waals surface area (Å²) in [6.07, 6.45) is 3.27. The predicted molar refractivity (Wildman–Crippen MR) is 137 cm³/mol. The first-order valence-electron chi connectivity index (χ1n) is 10.2. The molecule has 0 fully saturated rings. The monoisotopic (exact) mass is 471 g/mol. The minimum absolute atomic E-state index is 0.114. The van der Waals surface area contributed by atoms with Crippen LogP contribution in [-0.2, 0) is 9.59 Å². The Morgan fingerprint density at radius 2 is 1.58 bits per heavy atom. The minimum Gasteiger partial charge on any atom is -0.323 e. The van der Waals surface area contributed by atoms with Crippen LogP contribution in [0, 0.1) is 0 Å². The van der Waals surface area contributed by atoms with E-state index in [1.54, 1.807) is 6.08 Å². The van der Waals surface area contributed by atoms with E-state index < -0.39 is 0 Å². The number of benzene rings is 3. The molecule has 0 aliphatic heterocycles. The Balaban J connectivity index is 1.24. The zero-order valence-electron chi connectivity index (χ0n) is 17.6. The molecule has 1 aromatic heterocycles. The number of nitrogens with zero attached hydrogens (tertiary/aromatic N) is 1. The van der Waals surface area contributed by atoms with Crippen LogP contribution in [-0.4, -0.2) is 22.6 Å². The molecule has 0 atom stereocenters. The van der Waals surface area contributed by atoms with Crippen molar-refractivity contribution in [2.24, 2.45) is 0 Å². The number of nitrogens with one attached hydrogen (secondary N) is 2. The molecule has 7 heteroatoms. The summed E-state index contributed by atoms with van der Waals surface area (Å²) in [5, 5.41) is 8.20. The molecule has 33 heavy (non-hydrogen) atoms. The zero-order chi connectivity index (χ0) is 22.9. The molecule has 5 nitrogen and oxygen atoms in total. The van der Waals surface area contributed by atoms with Crippen LogP contribution in [0.1, 0.15) is 5.56 Å². The number of rotatable bonds is 8. The van der Waals surface area contributed by atoms with Gasteiger partial charge in [0.25, 0.3) is 0 Å². The van der Waals surface area contributed by atoms with Crippen LogP contribution in [0.3, 0.4) is 0 Å². The van der Waals surface area contributed by atoms with Gasteiger partial charge < -0.3 is 10.6 Å². The van der Waals surface area contributed by atoms with Crippen LogP contribution in [0.4, 0.5) is 10.8 Å². The Morgan fingerprint density at radius 1 is 0.879 bits per heavy atom. The molecule has 0 saturated heterocycles. The molecule has 2 amide bonds. The number of hydrogen-bond acceptors (Lipinski definition) is 5. The normalized spacial score (nSPS) is 10.8. The third kappa shape index (κ3) is 6.90. The first-order chi connectivity index (χ1) is 16.2. The fourth-order valence-corrected chi connectivity index (χ4v) is 4.37. The smallest absolute Gasteiger partial charge is 0.248 e. The van der Waals surface area contributed by atoms with Gasteiger partial charge in [0.05, 0.1) is 11.4 Å². The highest BCUT2D eigenvalue weighted by Gasteiger charge is 2.09. The molecule has 4 aromatic rings. The summed E-state index contributed by atoms with van der Waals surface area (Å²) in [4.78, 5) is 29.8. The highest BCUT2D eigenvalue weighted by atomic mass is 32.2. The van der Waals surface area contributed by atoms with Crippen LogP contribution in [0.25, 0.3) is 17.3 Å². The maximum absolute atomic E-state index is 12.3. The standard InChI is InChI=1S/C26H21N3O2S2/c30-24(16-11-19-7-3-1-4-8-19)27-21-12-14-22(15-13-21)32-18-25(31)29-26-28-23(17-33-26)20-9-5-2-6-10-20/h1-17H,18H2,(H,27,30)(H,28,29,31)/b16-11+. The summed E-state index contributed by atoms with van der Waals surface area (Å²) in [6.45, 7) is 0. The van der Waals surface area contributed by atoms with Crippen molar-refractivity contribution in [1.29, 1.82) is 0 Å². The SMILES string of the molecule is O=C(/C=C/c1ccccc1)Nc1ccc(SCC(=O)Nc2nc(-c3ccccc3)cs2)cc1.